The van der Waals surface area contributed by atoms with Crippen molar-refractivity contribution in [3.63, 3.8) is 0 Å². The number of carbonyl (C=O) groups is 1. The van der Waals surface area contributed by atoms with Crippen molar-refractivity contribution in [1.82, 2.24) is 4.72 Å². The first-order valence-corrected chi connectivity index (χ1v) is 7.21. The number of methoxy groups -OCH3 is 1. The van der Waals surface area contributed by atoms with Crippen LogP contribution in [0.25, 0.3) is 0 Å². The summed E-state index contributed by atoms with van der Waals surface area (Å²) < 4.78 is 30.5. The molecule has 0 aromatic heterocycles. The van der Waals surface area contributed by atoms with Crippen molar-refractivity contribution in [3.8, 4) is 0 Å². The third-order valence-corrected chi connectivity index (χ3v) is 4.53. The standard InChI is InChI=1S/C10H19NO5S/c1-10(9(12)13,8-4-5-8)11-17(14,15)7-3-6-16-2/h8,11H,3-7H2,1-2H3,(H,12,13). The average Bonchev–Trinajstić information content (AvgIpc) is 2.99. The van der Waals surface area contributed by atoms with E-state index in [0.717, 1.165) is 12.8 Å². The Labute approximate surface area is 101 Å². The zero-order chi connectivity index (χ0) is 13.1. The highest BCUT2D eigenvalue weighted by Crippen LogP contribution is 2.40. The SMILES string of the molecule is COCCCS(=O)(=O)NC(C)(C(=O)O)C1CC1. The summed E-state index contributed by atoms with van der Waals surface area (Å²) in [5.74, 6) is -1.33. The van der Waals surface area contributed by atoms with E-state index in [2.05, 4.69) is 4.72 Å². The highest BCUT2D eigenvalue weighted by Gasteiger charge is 2.49. The van der Waals surface area contributed by atoms with Crippen molar-refractivity contribution in [1.29, 1.82) is 0 Å². The van der Waals surface area contributed by atoms with Gasteiger partial charge in [0.2, 0.25) is 10.0 Å². The average molecular weight is 265 g/mol. The second-order valence-electron chi connectivity index (χ2n) is 4.55. The van der Waals surface area contributed by atoms with Crippen molar-refractivity contribution in [2.45, 2.75) is 31.7 Å². The predicted octanol–water partition coefficient (Wildman–Crippen LogP) is 0.196. The number of hydrogen-bond acceptors (Lipinski definition) is 4. The molecule has 1 fully saturated rings. The van der Waals surface area contributed by atoms with E-state index in [-0.39, 0.29) is 11.7 Å². The maximum Gasteiger partial charge on any atom is 0.324 e. The van der Waals surface area contributed by atoms with E-state index in [1.807, 2.05) is 0 Å². The third-order valence-electron chi connectivity index (χ3n) is 2.97. The fraction of sp³-hybridized carbons (Fsp3) is 0.900. The molecule has 1 atom stereocenters. The van der Waals surface area contributed by atoms with Crippen LogP contribution in [0.5, 0.6) is 0 Å². The molecule has 1 aliphatic carbocycles. The normalized spacial score (nSPS) is 19.9. The van der Waals surface area contributed by atoms with E-state index in [1.54, 1.807) is 0 Å². The largest absolute Gasteiger partial charge is 0.480 e. The number of nitrogens with one attached hydrogen (secondary N) is 1. The fourth-order valence-corrected chi connectivity index (χ4v) is 3.23. The Balaban J connectivity index is 2.63. The lowest BCUT2D eigenvalue weighted by molar-refractivity contribution is -0.144. The maximum absolute atomic E-state index is 11.7. The zero-order valence-corrected chi connectivity index (χ0v) is 10.9. The molecule has 0 radical (unpaired) electrons. The molecule has 0 aliphatic heterocycles. The molecule has 0 spiro atoms. The van der Waals surface area contributed by atoms with Gasteiger partial charge in [-0.25, -0.2) is 8.42 Å². The van der Waals surface area contributed by atoms with Gasteiger partial charge in [-0.1, -0.05) is 0 Å². The van der Waals surface area contributed by atoms with Crippen LogP contribution in [0.15, 0.2) is 0 Å². The molecule has 7 heteroatoms. The third kappa shape index (κ3) is 3.93. The Morgan fingerprint density at radius 2 is 2.12 bits per heavy atom. The molecular formula is C10H19NO5S. The molecule has 100 valence electrons. The summed E-state index contributed by atoms with van der Waals surface area (Å²) in [6, 6.07) is 0. The number of aliphatic carboxylic acids is 1. The predicted molar refractivity (Wildman–Crippen MR) is 62.2 cm³/mol. The topological polar surface area (TPSA) is 92.7 Å². The number of hydrogen-bond donors (Lipinski definition) is 2. The second kappa shape index (κ2) is 5.32. The monoisotopic (exact) mass is 265 g/mol. The molecule has 1 aliphatic rings. The summed E-state index contributed by atoms with van der Waals surface area (Å²) in [4.78, 5) is 11.2. The Hall–Kier alpha value is -0.660. The molecule has 1 rings (SSSR count). The minimum atomic E-state index is -3.57. The molecule has 2 N–H and O–H groups in total. The summed E-state index contributed by atoms with van der Waals surface area (Å²) in [6.45, 7) is 1.77. The second-order valence-corrected chi connectivity index (χ2v) is 6.39. The highest BCUT2D eigenvalue weighted by atomic mass is 32.2. The first-order chi connectivity index (χ1) is 7.82. The lowest BCUT2D eigenvalue weighted by Crippen LogP contribution is -2.54. The number of ether oxygens (including phenoxy) is 1. The van der Waals surface area contributed by atoms with Crippen LogP contribution in [-0.4, -0.2) is 44.5 Å². The smallest absolute Gasteiger partial charge is 0.324 e. The van der Waals surface area contributed by atoms with E-state index in [9.17, 15) is 13.2 Å². The molecule has 1 unspecified atom stereocenters. The molecule has 0 heterocycles. The lowest BCUT2D eigenvalue weighted by Gasteiger charge is -2.25. The van der Waals surface area contributed by atoms with Gasteiger partial charge in [-0.3, -0.25) is 4.79 Å². The van der Waals surface area contributed by atoms with Gasteiger partial charge in [-0.2, -0.15) is 4.72 Å². The van der Waals surface area contributed by atoms with Gasteiger partial charge in [0.05, 0.1) is 5.75 Å². The van der Waals surface area contributed by atoms with Gasteiger partial charge in [0, 0.05) is 13.7 Å². The molecule has 0 aromatic rings. The molecule has 0 amide bonds. The van der Waals surface area contributed by atoms with Crippen LogP contribution in [0.3, 0.4) is 0 Å². The fourth-order valence-electron chi connectivity index (χ4n) is 1.73. The summed E-state index contributed by atoms with van der Waals surface area (Å²) in [5, 5.41) is 9.13. The van der Waals surface area contributed by atoms with Crippen molar-refractivity contribution in [2.24, 2.45) is 5.92 Å². The Bertz CT molecular complexity index is 376. The van der Waals surface area contributed by atoms with E-state index < -0.39 is 21.5 Å². The van der Waals surface area contributed by atoms with Crippen LogP contribution < -0.4 is 4.72 Å². The molecule has 0 saturated heterocycles. The van der Waals surface area contributed by atoms with Crippen LogP contribution in [0.1, 0.15) is 26.2 Å². The van der Waals surface area contributed by atoms with Gasteiger partial charge in [-0.05, 0) is 32.1 Å². The van der Waals surface area contributed by atoms with E-state index in [4.69, 9.17) is 9.84 Å². The minimum Gasteiger partial charge on any atom is -0.480 e. The maximum atomic E-state index is 11.7. The molecule has 6 nitrogen and oxygen atoms in total. The Morgan fingerprint density at radius 3 is 2.53 bits per heavy atom. The van der Waals surface area contributed by atoms with Gasteiger partial charge in [0.15, 0.2) is 0 Å². The van der Waals surface area contributed by atoms with Gasteiger partial charge >= 0.3 is 5.97 Å². The Morgan fingerprint density at radius 1 is 1.53 bits per heavy atom. The van der Waals surface area contributed by atoms with Crippen molar-refractivity contribution >= 4 is 16.0 Å². The van der Waals surface area contributed by atoms with Gasteiger partial charge in [0.1, 0.15) is 5.54 Å². The molecule has 1 saturated carbocycles. The van der Waals surface area contributed by atoms with Gasteiger partial charge < -0.3 is 9.84 Å². The zero-order valence-electron chi connectivity index (χ0n) is 10.1. The quantitative estimate of drug-likeness (QED) is 0.611. The minimum absolute atomic E-state index is 0.0998. The van der Waals surface area contributed by atoms with Gasteiger partial charge in [-0.15, -0.1) is 0 Å². The van der Waals surface area contributed by atoms with Gasteiger partial charge in [0.25, 0.3) is 0 Å². The first-order valence-electron chi connectivity index (χ1n) is 5.56. The van der Waals surface area contributed by atoms with Crippen LogP contribution >= 0.6 is 0 Å². The lowest BCUT2D eigenvalue weighted by atomic mass is 9.98. The Kier molecular flexibility index (Phi) is 4.51. The molecule has 0 aromatic carbocycles. The number of carboxylic acid groups (broad SMARTS) is 1. The molecule has 0 bridgehead atoms. The highest BCUT2D eigenvalue weighted by molar-refractivity contribution is 7.89. The summed E-state index contributed by atoms with van der Waals surface area (Å²) in [5.41, 5.74) is -1.37. The molecular weight excluding hydrogens is 246 g/mol. The van der Waals surface area contributed by atoms with Crippen LogP contribution in [0.4, 0.5) is 0 Å². The van der Waals surface area contributed by atoms with Crippen LogP contribution in [0.2, 0.25) is 0 Å². The summed E-state index contributed by atoms with van der Waals surface area (Å²) >= 11 is 0. The van der Waals surface area contributed by atoms with Crippen molar-refractivity contribution < 1.29 is 23.1 Å². The number of rotatable bonds is 8. The summed E-state index contributed by atoms with van der Waals surface area (Å²) in [6.07, 6.45) is 1.86. The van der Waals surface area contributed by atoms with E-state index >= 15 is 0 Å². The first kappa shape index (κ1) is 14.4. The van der Waals surface area contributed by atoms with Crippen LogP contribution in [0, 0.1) is 5.92 Å². The van der Waals surface area contributed by atoms with Crippen LogP contribution in [-0.2, 0) is 19.6 Å². The van der Waals surface area contributed by atoms with Crippen molar-refractivity contribution in [3.05, 3.63) is 0 Å². The number of sulfonamides is 1. The van der Waals surface area contributed by atoms with E-state index in [1.165, 1.54) is 14.0 Å². The van der Waals surface area contributed by atoms with E-state index in [0.29, 0.717) is 13.0 Å². The summed E-state index contributed by atoms with van der Waals surface area (Å²) in [7, 11) is -2.08. The molecule has 17 heavy (non-hydrogen) atoms. The number of carboxylic acids is 1. The van der Waals surface area contributed by atoms with Crippen molar-refractivity contribution in [2.75, 3.05) is 19.5 Å².